The molecule has 28 heavy (non-hydrogen) atoms. The van der Waals surface area contributed by atoms with Crippen LogP contribution < -0.4 is 15.5 Å². The minimum Gasteiger partial charge on any atom is -0.372 e. The normalized spacial score (nSPS) is 13.9. The summed E-state index contributed by atoms with van der Waals surface area (Å²) in [6.07, 6.45) is 5.81. The zero-order valence-electron chi connectivity index (χ0n) is 16.6. The fraction of sp³-hybridized carbons (Fsp3) is 0.409. The Morgan fingerprint density at radius 3 is 2.36 bits per heavy atom. The maximum absolute atomic E-state index is 12.6. The lowest BCUT2D eigenvalue weighted by molar-refractivity contribution is 0.0933. The van der Waals surface area contributed by atoms with Crippen LogP contribution in [0.2, 0.25) is 0 Å². The van der Waals surface area contributed by atoms with Gasteiger partial charge < -0.3 is 15.5 Å². The molecule has 1 aliphatic rings. The molecule has 0 aliphatic heterocycles. The summed E-state index contributed by atoms with van der Waals surface area (Å²) in [5.41, 5.74) is 2.53. The lowest BCUT2D eigenvalue weighted by Gasteiger charge is -2.21. The van der Waals surface area contributed by atoms with E-state index in [1.807, 2.05) is 24.3 Å². The summed E-state index contributed by atoms with van der Waals surface area (Å²) < 4.78 is 0. The number of anilines is 2. The van der Waals surface area contributed by atoms with Crippen LogP contribution in [0.5, 0.6) is 0 Å². The van der Waals surface area contributed by atoms with Crippen molar-refractivity contribution in [3.8, 4) is 0 Å². The second kappa shape index (κ2) is 9.35. The predicted octanol–water partition coefficient (Wildman–Crippen LogP) is 3.85. The number of carbonyl (C=O) groups excluding carboxylic acids is 2. The van der Waals surface area contributed by atoms with Crippen molar-refractivity contribution in [2.24, 2.45) is 0 Å². The largest absolute Gasteiger partial charge is 0.372 e. The third kappa shape index (κ3) is 4.88. The number of hydrogen-bond donors (Lipinski definition) is 2. The highest BCUT2D eigenvalue weighted by Gasteiger charge is 2.19. The smallest absolute Gasteiger partial charge is 0.270 e. The first-order valence-corrected chi connectivity index (χ1v) is 10.0. The van der Waals surface area contributed by atoms with E-state index in [0.29, 0.717) is 5.56 Å². The SMILES string of the molecule is CCN(CC)c1ccc(NC(=O)c2ccnc(C(=O)NC3CCCC3)c2)cc1. The van der Waals surface area contributed by atoms with Crippen molar-refractivity contribution in [2.75, 3.05) is 23.3 Å². The molecule has 0 spiro atoms. The van der Waals surface area contributed by atoms with Crippen LogP contribution in [0.4, 0.5) is 11.4 Å². The van der Waals surface area contributed by atoms with Crippen molar-refractivity contribution in [1.29, 1.82) is 0 Å². The van der Waals surface area contributed by atoms with Crippen molar-refractivity contribution >= 4 is 23.2 Å². The van der Waals surface area contributed by atoms with E-state index >= 15 is 0 Å². The molecule has 6 nitrogen and oxygen atoms in total. The maximum Gasteiger partial charge on any atom is 0.270 e. The predicted molar refractivity (Wildman–Crippen MR) is 112 cm³/mol. The topological polar surface area (TPSA) is 74.3 Å². The first-order valence-electron chi connectivity index (χ1n) is 10.0. The monoisotopic (exact) mass is 380 g/mol. The average molecular weight is 380 g/mol. The molecule has 0 bridgehead atoms. The number of nitrogens with zero attached hydrogens (tertiary/aromatic N) is 2. The molecule has 1 fully saturated rings. The fourth-order valence-corrected chi connectivity index (χ4v) is 3.57. The Kier molecular flexibility index (Phi) is 6.63. The molecule has 3 rings (SSSR count). The molecule has 1 saturated carbocycles. The Morgan fingerprint density at radius 1 is 1.04 bits per heavy atom. The number of rotatable bonds is 7. The first kappa shape index (κ1) is 19.9. The molecule has 2 amide bonds. The van der Waals surface area contributed by atoms with Gasteiger partial charge in [-0.3, -0.25) is 14.6 Å². The second-order valence-electron chi connectivity index (χ2n) is 7.06. The van der Waals surface area contributed by atoms with Crippen molar-refractivity contribution in [2.45, 2.75) is 45.6 Å². The zero-order valence-corrected chi connectivity index (χ0v) is 16.6. The molecule has 1 aliphatic carbocycles. The van der Waals surface area contributed by atoms with Crippen LogP contribution >= 0.6 is 0 Å². The number of nitrogens with one attached hydrogen (secondary N) is 2. The van der Waals surface area contributed by atoms with Crippen LogP contribution in [0.1, 0.15) is 60.4 Å². The highest BCUT2D eigenvalue weighted by atomic mass is 16.2. The highest BCUT2D eigenvalue weighted by Crippen LogP contribution is 2.19. The number of aromatic nitrogens is 1. The van der Waals surface area contributed by atoms with E-state index in [4.69, 9.17) is 0 Å². The molecule has 1 aromatic carbocycles. The van der Waals surface area contributed by atoms with Crippen molar-refractivity contribution < 1.29 is 9.59 Å². The molecule has 148 valence electrons. The van der Waals surface area contributed by atoms with E-state index in [1.54, 1.807) is 12.1 Å². The van der Waals surface area contributed by atoms with Gasteiger partial charge in [0.25, 0.3) is 11.8 Å². The molecule has 0 atom stereocenters. The average Bonchev–Trinajstić information content (AvgIpc) is 3.23. The van der Waals surface area contributed by atoms with E-state index in [-0.39, 0.29) is 23.6 Å². The van der Waals surface area contributed by atoms with Gasteiger partial charge in [-0.1, -0.05) is 12.8 Å². The van der Waals surface area contributed by atoms with Gasteiger partial charge in [-0.05, 0) is 63.1 Å². The molecule has 1 aromatic heterocycles. The van der Waals surface area contributed by atoms with Gasteiger partial charge in [0.1, 0.15) is 5.69 Å². The summed E-state index contributed by atoms with van der Waals surface area (Å²) in [6.45, 7) is 6.10. The standard InChI is InChI=1S/C22H28N4O2/c1-3-26(4-2)19-11-9-18(10-12-19)24-21(27)16-13-14-23-20(15-16)22(28)25-17-7-5-6-8-17/h9-15,17H,3-8H2,1-2H3,(H,24,27)(H,25,28). The molecule has 2 N–H and O–H groups in total. The number of amides is 2. The number of carbonyl (C=O) groups is 2. The lowest BCUT2D eigenvalue weighted by Crippen LogP contribution is -2.33. The second-order valence-corrected chi connectivity index (χ2v) is 7.06. The van der Waals surface area contributed by atoms with Crippen LogP contribution in [-0.2, 0) is 0 Å². The Hall–Kier alpha value is -2.89. The fourth-order valence-electron chi connectivity index (χ4n) is 3.57. The Balaban J connectivity index is 1.65. The van der Waals surface area contributed by atoms with Crippen molar-refractivity contribution in [1.82, 2.24) is 10.3 Å². The molecule has 0 unspecified atom stereocenters. The quantitative estimate of drug-likeness (QED) is 0.765. The van der Waals surface area contributed by atoms with Crippen molar-refractivity contribution in [3.63, 3.8) is 0 Å². The third-order valence-electron chi connectivity index (χ3n) is 5.20. The third-order valence-corrected chi connectivity index (χ3v) is 5.20. The van der Waals surface area contributed by atoms with Crippen LogP contribution in [0, 0.1) is 0 Å². The number of benzene rings is 1. The molecule has 1 heterocycles. The van der Waals surface area contributed by atoms with Crippen LogP contribution in [0.3, 0.4) is 0 Å². The van der Waals surface area contributed by atoms with E-state index < -0.39 is 0 Å². The summed E-state index contributed by atoms with van der Waals surface area (Å²) in [4.78, 5) is 31.3. The molecule has 0 saturated heterocycles. The van der Waals surface area contributed by atoms with Gasteiger partial charge in [-0.15, -0.1) is 0 Å². The van der Waals surface area contributed by atoms with Gasteiger partial charge in [0.15, 0.2) is 0 Å². The Bertz CT molecular complexity index is 810. The minimum atomic E-state index is -0.257. The maximum atomic E-state index is 12.6. The first-order chi connectivity index (χ1) is 13.6. The minimum absolute atomic E-state index is 0.217. The van der Waals surface area contributed by atoms with Crippen LogP contribution in [0.25, 0.3) is 0 Å². The lowest BCUT2D eigenvalue weighted by atomic mass is 10.2. The van der Waals surface area contributed by atoms with Gasteiger partial charge >= 0.3 is 0 Å². The molecule has 2 aromatic rings. The molecule has 0 radical (unpaired) electrons. The van der Waals surface area contributed by atoms with E-state index in [0.717, 1.165) is 50.1 Å². The molecular weight excluding hydrogens is 352 g/mol. The van der Waals surface area contributed by atoms with Crippen LogP contribution in [-0.4, -0.2) is 35.9 Å². The number of hydrogen-bond acceptors (Lipinski definition) is 4. The highest BCUT2D eigenvalue weighted by molar-refractivity contribution is 6.05. The van der Waals surface area contributed by atoms with Gasteiger partial charge in [-0.2, -0.15) is 0 Å². The van der Waals surface area contributed by atoms with E-state index in [9.17, 15) is 9.59 Å². The zero-order chi connectivity index (χ0) is 19.9. The summed E-state index contributed by atoms with van der Waals surface area (Å²) >= 11 is 0. The van der Waals surface area contributed by atoms with E-state index in [2.05, 4.69) is 34.4 Å². The number of pyridine rings is 1. The van der Waals surface area contributed by atoms with Gasteiger partial charge in [0, 0.05) is 42.3 Å². The van der Waals surface area contributed by atoms with Crippen molar-refractivity contribution in [3.05, 3.63) is 53.9 Å². The van der Waals surface area contributed by atoms with Gasteiger partial charge in [0.05, 0.1) is 0 Å². The molecular formula is C22H28N4O2. The van der Waals surface area contributed by atoms with E-state index in [1.165, 1.54) is 6.20 Å². The summed E-state index contributed by atoms with van der Waals surface area (Å²) in [6, 6.07) is 11.2. The summed E-state index contributed by atoms with van der Waals surface area (Å²) in [5.74, 6) is -0.474. The molecule has 6 heteroatoms. The summed E-state index contributed by atoms with van der Waals surface area (Å²) in [7, 11) is 0. The summed E-state index contributed by atoms with van der Waals surface area (Å²) in [5, 5.41) is 5.88. The van der Waals surface area contributed by atoms with Crippen LogP contribution in [0.15, 0.2) is 42.6 Å². The van der Waals surface area contributed by atoms with Gasteiger partial charge in [-0.25, -0.2) is 0 Å². The Morgan fingerprint density at radius 2 is 1.71 bits per heavy atom. The van der Waals surface area contributed by atoms with Gasteiger partial charge in [0.2, 0.25) is 0 Å². The Labute approximate surface area is 166 Å².